The van der Waals surface area contributed by atoms with Crippen molar-refractivity contribution in [2.45, 2.75) is 46.0 Å². The number of rotatable bonds is 11. The number of unbranched alkanes of at least 4 members (excludes halogenated alkanes) is 1. The predicted molar refractivity (Wildman–Crippen MR) is 93.9 cm³/mol. The number of nitrogens with two attached hydrogens (primary N) is 2. The third kappa shape index (κ3) is 8.59. The summed E-state index contributed by atoms with van der Waals surface area (Å²) in [5.74, 6) is 2.12. The number of carbonyl (C=O) groups excluding carboxylic acids is 1. The van der Waals surface area contributed by atoms with Gasteiger partial charge in [0, 0.05) is 12.2 Å². The molecule has 0 spiro atoms. The zero-order valence-electron chi connectivity index (χ0n) is 14.0. The van der Waals surface area contributed by atoms with Gasteiger partial charge in [-0.2, -0.15) is 15.0 Å². The average Bonchev–Trinajstić information content (AvgIpc) is 2.51. The molecule has 0 fully saturated rings. The molecule has 7 nitrogen and oxygen atoms in total. The van der Waals surface area contributed by atoms with Gasteiger partial charge in [-0.15, -0.1) is 11.8 Å². The highest BCUT2D eigenvalue weighted by Crippen LogP contribution is 2.13. The van der Waals surface area contributed by atoms with E-state index in [-0.39, 0.29) is 17.9 Å². The van der Waals surface area contributed by atoms with Crippen molar-refractivity contribution < 1.29 is 9.53 Å². The molecule has 23 heavy (non-hydrogen) atoms. The Morgan fingerprint density at radius 2 is 1.91 bits per heavy atom. The van der Waals surface area contributed by atoms with E-state index in [4.69, 9.17) is 16.2 Å². The Labute approximate surface area is 142 Å². The van der Waals surface area contributed by atoms with Crippen LogP contribution in [0.2, 0.25) is 0 Å². The summed E-state index contributed by atoms with van der Waals surface area (Å²) in [4.78, 5) is 23.4. The number of hydrogen-bond donors (Lipinski definition) is 2. The van der Waals surface area contributed by atoms with Crippen molar-refractivity contribution in [1.29, 1.82) is 0 Å². The zero-order valence-corrected chi connectivity index (χ0v) is 14.8. The summed E-state index contributed by atoms with van der Waals surface area (Å²) < 4.78 is 5.34. The van der Waals surface area contributed by atoms with Gasteiger partial charge in [0.2, 0.25) is 11.9 Å². The predicted octanol–water partition coefficient (Wildman–Crippen LogP) is 2.07. The van der Waals surface area contributed by atoms with E-state index < -0.39 is 0 Å². The van der Waals surface area contributed by atoms with Crippen LogP contribution in [0, 0.1) is 5.92 Å². The number of hydrogen-bond acceptors (Lipinski definition) is 8. The zero-order chi connectivity index (χ0) is 17.1. The first-order valence-electron chi connectivity index (χ1n) is 8.04. The van der Waals surface area contributed by atoms with Gasteiger partial charge >= 0.3 is 5.97 Å². The lowest BCUT2D eigenvalue weighted by Gasteiger charge is -2.14. The third-order valence-electron chi connectivity index (χ3n) is 3.43. The molecule has 1 atom stereocenters. The van der Waals surface area contributed by atoms with Crippen molar-refractivity contribution in [3.8, 4) is 0 Å². The minimum absolute atomic E-state index is 0.120. The SMILES string of the molecule is CCCCC(CC)COC(=O)CSCCc1nc(N)nc(N)n1. The van der Waals surface area contributed by atoms with Crippen LogP contribution in [0.1, 0.15) is 45.4 Å². The van der Waals surface area contributed by atoms with Crippen LogP contribution in [0.3, 0.4) is 0 Å². The van der Waals surface area contributed by atoms with E-state index >= 15 is 0 Å². The first kappa shape index (κ1) is 19.5. The summed E-state index contributed by atoms with van der Waals surface area (Å²) in [5.41, 5.74) is 11.0. The Hall–Kier alpha value is -1.57. The van der Waals surface area contributed by atoms with Gasteiger partial charge in [-0.25, -0.2) is 0 Å². The Morgan fingerprint density at radius 3 is 2.52 bits per heavy atom. The number of anilines is 2. The second-order valence-corrected chi connectivity index (χ2v) is 6.48. The Kier molecular flexibility index (Phi) is 9.35. The fourth-order valence-corrected chi connectivity index (χ4v) is 2.76. The van der Waals surface area contributed by atoms with Crippen LogP contribution in [0.25, 0.3) is 0 Å². The van der Waals surface area contributed by atoms with Crippen molar-refractivity contribution in [1.82, 2.24) is 15.0 Å². The maximum atomic E-state index is 11.7. The van der Waals surface area contributed by atoms with E-state index in [0.29, 0.717) is 36.3 Å². The van der Waals surface area contributed by atoms with Crippen LogP contribution in [-0.4, -0.2) is 39.0 Å². The van der Waals surface area contributed by atoms with Crippen molar-refractivity contribution in [2.75, 3.05) is 29.6 Å². The molecule has 1 heterocycles. The number of thioether (sulfide) groups is 1. The Bertz CT molecular complexity index is 467. The van der Waals surface area contributed by atoms with Crippen LogP contribution in [0.4, 0.5) is 11.9 Å². The molecular weight excluding hydrogens is 314 g/mol. The molecule has 0 aliphatic carbocycles. The summed E-state index contributed by atoms with van der Waals surface area (Å²) in [6.45, 7) is 4.83. The molecule has 1 aromatic rings. The number of esters is 1. The summed E-state index contributed by atoms with van der Waals surface area (Å²) in [7, 11) is 0. The second-order valence-electron chi connectivity index (χ2n) is 5.37. The van der Waals surface area contributed by atoms with Crippen LogP contribution < -0.4 is 11.5 Å². The maximum absolute atomic E-state index is 11.7. The van der Waals surface area contributed by atoms with Crippen molar-refractivity contribution in [2.24, 2.45) is 5.92 Å². The molecule has 0 amide bonds. The molecule has 1 rings (SSSR count). The molecule has 130 valence electrons. The van der Waals surface area contributed by atoms with Gasteiger partial charge in [-0.05, 0) is 12.3 Å². The van der Waals surface area contributed by atoms with Gasteiger partial charge in [0.25, 0.3) is 0 Å². The number of ether oxygens (including phenoxy) is 1. The fourth-order valence-electron chi connectivity index (χ4n) is 2.04. The number of carbonyl (C=O) groups is 1. The molecule has 0 aliphatic heterocycles. The van der Waals surface area contributed by atoms with E-state index in [1.54, 1.807) is 0 Å². The summed E-state index contributed by atoms with van der Waals surface area (Å²) >= 11 is 1.49. The highest BCUT2D eigenvalue weighted by atomic mass is 32.2. The van der Waals surface area contributed by atoms with E-state index in [1.165, 1.54) is 24.6 Å². The highest BCUT2D eigenvalue weighted by Gasteiger charge is 2.10. The summed E-state index contributed by atoms with van der Waals surface area (Å²) in [6, 6.07) is 0. The molecule has 0 saturated heterocycles. The first-order valence-corrected chi connectivity index (χ1v) is 9.19. The van der Waals surface area contributed by atoms with E-state index in [0.717, 1.165) is 12.8 Å². The topological polar surface area (TPSA) is 117 Å². The lowest BCUT2D eigenvalue weighted by molar-refractivity contribution is -0.141. The Balaban J connectivity index is 2.18. The first-order chi connectivity index (χ1) is 11.0. The lowest BCUT2D eigenvalue weighted by atomic mass is 10.0. The number of aryl methyl sites for hydroxylation is 1. The fraction of sp³-hybridized carbons (Fsp3) is 0.733. The largest absolute Gasteiger partial charge is 0.465 e. The number of nitrogen functional groups attached to an aromatic ring is 2. The Morgan fingerprint density at radius 1 is 1.22 bits per heavy atom. The van der Waals surface area contributed by atoms with E-state index in [9.17, 15) is 4.79 Å². The summed E-state index contributed by atoms with van der Waals surface area (Å²) in [5, 5.41) is 0. The van der Waals surface area contributed by atoms with Crippen LogP contribution in [-0.2, 0) is 16.0 Å². The lowest BCUT2D eigenvalue weighted by Crippen LogP contribution is -2.15. The monoisotopic (exact) mass is 341 g/mol. The molecule has 1 unspecified atom stereocenters. The van der Waals surface area contributed by atoms with Gasteiger partial charge in [0.05, 0.1) is 12.4 Å². The highest BCUT2D eigenvalue weighted by molar-refractivity contribution is 7.99. The third-order valence-corrected chi connectivity index (χ3v) is 4.36. The van der Waals surface area contributed by atoms with Gasteiger partial charge < -0.3 is 16.2 Å². The molecule has 1 aromatic heterocycles. The molecule has 0 saturated carbocycles. The quantitative estimate of drug-likeness (QED) is 0.464. The van der Waals surface area contributed by atoms with Gasteiger partial charge in [0.15, 0.2) is 0 Å². The molecule has 0 aromatic carbocycles. The number of nitrogens with zero attached hydrogens (tertiary/aromatic N) is 3. The van der Waals surface area contributed by atoms with E-state index in [1.807, 2.05) is 0 Å². The van der Waals surface area contributed by atoms with Gasteiger partial charge in [-0.3, -0.25) is 4.79 Å². The molecule has 0 radical (unpaired) electrons. The van der Waals surface area contributed by atoms with Gasteiger partial charge in [0.1, 0.15) is 5.82 Å². The van der Waals surface area contributed by atoms with E-state index in [2.05, 4.69) is 28.8 Å². The number of aromatic nitrogens is 3. The van der Waals surface area contributed by atoms with Crippen LogP contribution in [0.5, 0.6) is 0 Å². The molecule has 0 aliphatic rings. The van der Waals surface area contributed by atoms with Gasteiger partial charge in [-0.1, -0.05) is 33.1 Å². The standard InChI is InChI=1S/C15H27N5O2S/c1-3-5-6-11(4-2)9-22-13(21)10-23-8-7-12-18-14(16)20-15(17)19-12/h11H,3-10H2,1-2H3,(H4,16,17,18,19,20). The molecule has 8 heteroatoms. The summed E-state index contributed by atoms with van der Waals surface area (Å²) in [6.07, 6.45) is 5.11. The van der Waals surface area contributed by atoms with Crippen LogP contribution in [0.15, 0.2) is 0 Å². The molecule has 4 N–H and O–H groups in total. The normalized spacial score (nSPS) is 12.1. The molecular formula is C15H27N5O2S. The molecule has 0 bridgehead atoms. The minimum Gasteiger partial charge on any atom is -0.465 e. The van der Waals surface area contributed by atoms with Crippen molar-refractivity contribution in [3.63, 3.8) is 0 Å². The average molecular weight is 341 g/mol. The van der Waals surface area contributed by atoms with Crippen molar-refractivity contribution in [3.05, 3.63) is 5.82 Å². The van der Waals surface area contributed by atoms with Crippen molar-refractivity contribution >= 4 is 29.6 Å². The smallest absolute Gasteiger partial charge is 0.315 e. The maximum Gasteiger partial charge on any atom is 0.315 e. The van der Waals surface area contributed by atoms with Crippen LogP contribution >= 0.6 is 11.8 Å². The second kappa shape index (κ2) is 11.0. The minimum atomic E-state index is -0.167.